The minimum absolute atomic E-state index is 0.0317. The van der Waals surface area contributed by atoms with Crippen molar-refractivity contribution >= 4 is 5.91 Å². The maximum atomic E-state index is 12.1. The summed E-state index contributed by atoms with van der Waals surface area (Å²) in [5.74, 6) is 0.0317. The molecule has 1 amide bonds. The van der Waals surface area contributed by atoms with Crippen LogP contribution in [0.25, 0.3) is 0 Å². The number of rotatable bonds is 8. The molecule has 0 radical (unpaired) electrons. The Hall–Kier alpha value is -1.46. The Kier molecular flexibility index (Phi) is 5.30. The third-order valence-corrected chi connectivity index (χ3v) is 3.02. The van der Waals surface area contributed by atoms with E-state index in [2.05, 4.69) is 4.98 Å². The first kappa shape index (κ1) is 14.0. The Morgan fingerprint density at radius 2 is 2.26 bits per heavy atom. The Morgan fingerprint density at radius 1 is 1.42 bits per heavy atom. The van der Waals surface area contributed by atoms with E-state index in [0.29, 0.717) is 25.8 Å². The van der Waals surface area contributed by atoms with E-state index in [4.69, 9.17) is 9.47 Å². The number of hydrogen-bond acceptors (Lipinski definition) is 4. The molecule has 104 valence electrons. The number of hydrogen-bond donors (Lipinski definition) is 0. The van der Waals surface area contributed by atoms with E-state index in [1.165, 1.54) is 0 Å². The molecular weight excluding hydrogens is 244 g/mol. The van der Waals surface area contributed by atoms with Crippen LogP contribution in [0.3, 0.4) is 0 Å². The molecule has 0 aromatic carbocycles. The van der Waals surface area contributed by atoms with E-state index in [-0.39, 0.29) is 12.5 Å². The van der Waals surface area contributed by atoms with Crippen LogP contribution in [-0.4, -0.2) is 48.8 Å². The highest BCUT2D eigenvalue weighted by atomic mass is 16.5. The number of carbonyl (C=O) groups excluding carboxylic acids is 1. The van der Waals surface area contributed by atoms with Crippen molar-refractivity contribution < 1.29 is 14.3 Å². The van der Waals surface area contributed by atoms with Crippen LogP contribution in [0.15, 0.2) is 24.4 Å². The van der Waals surface area contributed by atoms with E-state index in [0.717, 1.165) is 18.5 Å². The summed E-state index contributed by atoms with van der Waals surface area (Å²) in [5.41, 5.74) is 0.916. The zero-order valence-corrected chi connectivity index (χ0v) is 11.2. The first-order chi connectivity index (χ1) is 9.31. The number of amides is 1. The van der Waals surface area contributed by atoms with Gasteiger partial charge in [-0.3, -0.25) is 9.78 Å². The van der Waals surface area contributed by atoms with E-state index in [9.17, 15) is 4.79 Å². The van der Waals surface area contributed by atoms with Crippen LogP contribution in [0.2, 0.25) is 0 Å². The fourth-order valence-electron chi connectivity index (χ4n) is 1.86. The lowest BCUT2D eigenvalue weighted by Gasteiger charge is -2.22. The molecule has 1 fully saturated rings. The van der Waals surface area contributed by atoms with Gasteiger partial charge < -0.3 is 14.4 Å². The van der Waals surface area contributed by atoms with Crippen LogP contribution in [0.5, 0.6) is 0 Å². The van der Waals surface area contributed by atoms with Gasteiger partial charge in [-0.1, -0.05) is 6.07 Å². The highest BCUT2D eigenvalue weighted by Gasteiger charge is 2.32. The Bertz CT molecular complexity index is 393. The maximum Gasteiger partial charge on any atom is 0.249 e. The predicted molar refractivity (Wildman–Crippen MR) is 70.5 cm³/mol. The molecule has 1 saturated carbocycles. The minimum Gasteiger partial charge on any atom is -0.382 e. The second-order valence-corrected chi connectivity index (χ2v) is 4.62. The van der Waals surface area contributed by atoms with E-state index < -0.39 is 0 Å². The van der Waals surface area contributed by atoms with Crippen molar-refractivity contribution in [3.05, 3.63) is 30.1 Å². The zero-order valence-electron chi connectivity index (χ0n) is 11.2. The van der Waals surface area contributed by atoms with Crippen LogP contribution in [-0.2, 0) is 20.8 Å². The van der Waals surface area contributed by atoms with Crippen LogP contribution in [0.1, 0.15) is 18.5 Å². The van der Waals surface area contributed by atoms with Crippen LogP contribution in [0.4, 0.5) is 0 Å². The van der Waals surface area contributed by atoms with Crippen LogP contribution >= 0.6 is 0 Å². The molecular formula is C14H20N2O3. The second kappa shape index (κ2) is 7.21. The lowest BCUT2D eigenvalue weighted by atomic mass is 10.3. The fraction of sp³-hybridized carbons (Fsp3) is 0.571. The molecule has 0 atom stereocenters. The number of ether oxygens (including phenoxy) is 2. The summed E-state index contributed by atoms with van der Waals surface area (Å²) in [4.78, 5) is 18.3. The lowest BCUT2D eigenvalue weighted by Crippen LogP contribution is -2.35. The van der Waals surface area contributed by atoms with Crippen molar-refractivity contribution in [3.63, 3.8) is 0 Å². The van der Waals surface area contributed by atoms with Crippen molar-refractivity contribution in [2.45, 2.75) is 25.4 Å². The quantitative estimate of drug-likeness (QED) is 0.663. The van der Waals surface area contributed by atoms with Gasteiger partial charge in [-0.25, -0.2) is 0 Å². The third kappa shape index (κ3) is 4.61. The van der Waals surface area contributed by atoms with E-state index in [1.807, 2.05) is 23.1 Å². The van der Waals surface area contributed by atoms with E-state index in [1.54, 1.807) is 13.3 Å². The first-order valence-corrected chi connectivity index (χ1v) is 6.57. The average Bonchev–Trinajstić information content (AvgIpc) is 3.26. The molecule has 0 N–H and O–H groups in total. The van der Waals surface area contributed by atoms with Crippen LogP contribution < -0.4 is 0 Å². The van der Waals surface area contributed by atoms with Gasteiger partial charge in [0.15, 0.2) is 0 Å². The molecule has 1 aliphatic carbocycles. The van der Waals surface area contributed by atoms with Gasteiger partial charge in [0.05, 0.1) is 25.5 Å². The molecule has 19 heavy (non-hydrogen) atoms. The first-order valence-electron chi connectivity index (χ1n) is 6.57. The topological polar surface area (TPSA) is 51.7 Å². The Balaban J connectivity index is 1.83. The van der Waals surface area contributed by atoms with Gasteiger partial charge in [0.2, 0.25) is 5.91 Å². The normalized spacial score (nSPS) is 14.4. The van der Waals surface area contributed by atoms with Gasteiger partial charge in [0, 0.05) is 19.3 Å². The Labute approximate surface area is 113 Å². The molecule has 0 saturated heterocycles. The smallest absolute Gasteiger partial charge is 0.249 e. The van der Waals surface area contributed by atoms with Crippen molar-refractivity contribution in [3.8, 4) is 0 Å². The fourth-order valence-corrected chi connectivity index (χ4v) is 1.86. The van der Waals surface area contributed by atoms with Gasteiger partial charge in [0.1, 0.15) is 6.61 Å². The number of pyridine rings is 1. The number of carbonyl (C=O) groups is 1. The largest absolute Gasteiger partial charge is 0.382 e. The lowest BCUT2D eigenvalue weighted by molar-refractivity contribution is -0.137. The standard InChI is InChI=1S/C14H20N2O3/c1-18-8-9-19-11-14(17)16(13-5-6-13)10-12-4-2-3-7-15-12/h2-4,7,13H,5-6,8-11H2,1H3. The Morgan fingerprint density at radius 3 is 2.89 bits per heavy atom. The van der Waals surface area contributed by atoms with Gasteiger partial charge >= 0.3 is 0 Å². The maximum absolute atomic E-state index is 12.1. The summed E-state index contributed by atoms with van der Waals surface area (Å²) >= 11 is 0. The van der Waals surface area contributed by atoms with Crippen LogP contribution in [0, 0.1) is 0 Å². The second-order valence-electron chi connectivity index (χ2n) is 4.62. The molecule has 1 aromatic heterocycles. The van der Waals surface area contributed by atoms with Crippen molar-refractivity contribution in [2.75, 3.05) is 26.9 Å². The summed E-state index contributed by atoms with van der Waals surface area (Å²) in [6, 6.07) is 6.11. The van der Waals surface area contributed by atoms with Crippen molar-refractivity contribution in [2.24, 2.45) is 0 Å². The highest BCUT2D eigenvalue weighted by molar-refractivity contribution is 5.78. The molecule has 0 unspecified atom stereocenters. The average molecular weight is 264 g/mol. The van der Waals surface area contributed by atoms with Gasteiger partial charge in [-0.2, -0.15) is 0 Å². The predicted octanol–water partition coefficient (Wildman–Crippen LogP) is 1.24. The molecule has 1 aromatic rings. The third-order valence-electron chi connectivity index (χ3n) is 3.02. The van der Waals surface area contributed by atoms with E-state index >= 15 is 0 Å². The summed E-state index contributed by atoms with van der Waals surface area (Å²) in [6.07, 6.45) is 3.91. The summed E-state index contributed by atoms with van der Waals surface area (Å²) in [5, 5.41) is 0. The van der Waals surface area contributed by atoms with Gasteiger partial charge in [-0.15, -0.1) is 0 Å². The van der Waals surface area contributed by atoms with Gasteiger partial charge in [0.25, 0.3) is 0 Å². The van der Waals surface area contributed by atoms with Crippen molar-refractivity contribution in [1.29, 1.82) is 0 Å². The molecule has 1 aliphatic rings. The molecule has 0 spiro atoms. The minimum atomic E-state index is 0.0317. The molecule has 5 nitrogen and oxygen atoms in total. The van der Waals surface area contributed by atoms with Crippen molar-refractivity contribution in [1.82, 2.24) is 9.88 Å². The molecule has 1 heterocycles. The number of nitrogens with zero attached hydrogens (tertiary/aromatic N) is 2. The summed E-state index contributed by atoms with van der Waals surface area (Å²) < 4.78 is 10.2. The molecule has 5 heteroatoms. The summed E-state index contributed by atoms with van der Waals surface area (Å²) in [7, 11) is 1.61. The molecule has 0 bridgehead atoms. The molecule has 0 aliphatic heterocycles. The highest BCUT2D eigenvalue weighted by Crippen LogP contribution is 2.28. The summed E-state index contributed by atoms with van der Waals surface area (Å²) in [6.45, 7) is 1.64. The SMILES string of the molecule is COCCOCC(=O)N(Cc1ccccn1)C1CC1. The van der Waals surface area contributed by atoms with Gasteiger partial charge in [-0.05, 0) is 25.0 Å². The number of aromatic nitrogens is 1. The number of methoxy groups -OCH3 is 1. The molecule has 2 rings (SSSR count). The zero-order chi connectivity index (χ0) is 13.5. The monoisotopic (exact) mass is 264 g/mol.